The number of H-pyrrole nitrogens is 1. The molecular formula is C30H33N3O2. The van der Waals surface area contributed by atoms with Crippen LogP contribution >= 0.6 is 0 Å². The molecule has 0 radical (unpaired) electrons. The van der Waals surface area contributed by atoms with Crippen molar-refractivity contribution in [2.75, 3.05) is 24.6 Å². The smallest absolute Gasteiger partial charge is 0.195 e. The van der Waals surface area contributed by atoms with Crippen molar-refractivity contribution in [1.29, 1.82) is 5.26 Å². The SMILES string of the molecule is CCc1cc2c(cc1N1CCC(OCC3CC3)CC1)C(C)(C)c1[nH]c3cc(C#N)ccc3c1C2=O. The van der Waals surface area contributed by atoms with Gasteiger partial charge in [0.1, 0.15) is 0 Å². The lowest BCUT2D eigenvalue weighted by atomic mass is 9.70. The van der Waals surface area contributed by atoms with E-state index >= 15 is 0 Å². The summed E-state index contributed by atoms with van der Waals surface area (Å²) < 4.78 is 6.17. The van der Waals surface area contributed by atoms with Crippen LogP contribution in [0.25, 0.3) is 10.9 Å². The van der Waals surface area contributed by atoms with Gasteiger partial charge in [-0.3, -0.25) is 4.79 Å². The number of aromatic nitrogens is 1. The average Bonchev–Trinajstić information content (AvgIpc) is 3.63. The molecule has 0 bridgehead atoms. The van der Waals surface area contributed by atoms with Crippen LogP contribution in [0.5, 0.6) is 0 Å². The van der Waals surface area contributed by atoms with E-state index in [0.29, 0.717) is 11.7 Å². The maximum atomic E-state index is 13.8. The van der Waals surface area contributed by atoms with E-state index in [4.69, 9.17) is 4.74 Å². The normalized spacial score (nSPS) is 19.5. The van der Waals surface area contributed by atoms with Crippen LogP contribution < -0.4 is 4.90 Å². The van der Waals surface area contributed by atoms with E-state index in [9.17, 15) is 10.1 Å². The summed E-state index contributed by atoms with van der Waals surface area (Å²) in [6.45, 7) is 9.49. The minimum atomic E-state index is -0.350. The number of aryl methyl sites for hydroxylation is 1. The zero-order valence-electron chi connectivity index (χ0n) is 20.9. The highest BCUT2D eigenvalue weighted by Gasteiger charge is 2.40. The summed E-state index contributed by atoms with van der Waals surface area (Å²) in [6.07, 6.45) is 6.05. The number of aromatic amines is 1. The van der Waals surface area contributed by atoms with E-state index in [0.717, 1.165) is 78.2 Å². The zero-order valence-corrected chi connectivity index (χ0v) is 20.9. The first kappa shape index (κ1) is 22.4. The van der Waals surface area contributed by atoms with Gasteiger partial charge >= 0.3 is 0 Å². The van der Waals surface area contributed by atoms with Crippen LogP contribution in [0, 0.1) is 17.2 Å². The third kappa shape index (κ3) is 3.67. The lowest BCUT2D eigenvalue weighted by Gasteiger charge is -2.38. The van der Waals surface area contributed by atoms with E-state index in [2.05, 4.69) is 48.9 Å². The minimum Gasteiger partial charge on any atom is -0.378 e. The number of nitrogens with zero attached hydrogens (tertiary/aromatic N) is 2. The number of anilines is 1. The van der Waals surface area contributed by atoms with Gasteiger partial charge in [-0.05, 0) is 73.4 Å². The Morgan fingerprint density at radius 3 is 2.60 bits per heavy atom. The van der Waals surface area contributed by atoms with Gasteiger partial charge in [0, 0.05) is 53.0 Å². The first-order valence-electron chi connectivity index (χ1n) is 13.1. The van der Waals surface area contributed by atoms with Gasteiger partial charge < -0.3 is 14.6 Å². The fourth-order valence-corrected chi connectivity index (χ4v) is 5.98. The van der Waals surface area contributed by atoms with Crippen molar-refractivity contribution in [2.24, 2.45) is 5.92 Å². The molecule has 1 aromatic heterocycles. The van der Waals surface area contributed by atoms with Crippen molar-refractivity contribution >= 4 is 22.4 Å². The monoisotopic (exact) mass is 467 g/mol. The lowest BCUT2D eigenvalue weighted by molar-refractivity contribution is 0.0305. The van der Waals surface area contributed by atoms with Gasteiger partial charge in [0.25, 0.3) is 0 Å². The molecule has 5 heteroatoms. The number of carbonyl (C=O) groups is 1. The van der Waals surface area contributed by atoms with Gasteiger partial charge in [-0.1, -0.05) is 26.8 Å². The van der Waals surface area contributed by atoms with Crippen LogP contribution in [0.2, 0.25) is 0 Å². The zero-order chi connectivity index (χ0) is 24.3. The maximum Gasteiger partial charge on any atom is 0.195 e. The molecule has 35 heavy (non-hydrogen) atoms. The first-order valence-corrected chi connectivity index (χ1v) is 13.1. The molecule has 1 saturated heterocycles. The predicted octanol–water partition coefficient (Wildman–Crippen LogP) is 5.87. The van der Waals surface area contributed by atoms with Crippen LogP contribution in [0.4, 0.5) is 5.69 Å². The molecule has 2 aromatic carbocycles. The van der Waals surface area contributed by atoms with E-state index in [-0.39, 0.29) is 11.2 Å². The second-order valence-electron chi connectivity index (χ2n) is 11.0. The van der Waals surface area contributed by atoms with Crippen LogP contribution in [-0.2, 0) is 16.6 Å². The standard InChI is InChI=1S/C30H33N3O2/c1-4-20-14-23-24(15-26(20)33-11-9-21(10-12-33)35-17-18-5-6-18)30(2,3)29-27(28(23)34)22-8-7-19(16-31)13-25(22)32-29/h7-8,13-15,18,21,32H,4-6,9-12,17H2,1-3H3. The van der Waals surface area contributed by atoms with Crippen LogP contribution in [0.3, 0.4) is 0 Å². The molecule has 0 amide bonds. The average molecular weight is 468 g/mol. The summed E-state index contributed by atoms with van der Waals surface area (Å²) in [4.78, 5) is 19.8. The molecule has 1 saturated carbocycles. The number of carbonyl (C=O) groups excluding carboxylic acids is 1. The Morgan fingerprint density at radius 2 is 1.91 bits per heavy atom. The molecule has 2 aliphatic carbocycles. The number of rotatable bonds is 5. The van der Waals surface area contributed by atoms with Crippen molar-refractivity contribution in [3.8, 4) is 6.07 Å². The lowest BCUT2D eigenvalue weighted by Crippen LogP contribution is -2.38. The Bertz CT molecular complexity index is 1360. The summed E-state index contributed by atoms with van der Waals surface area (Å²) in [5.41, 5.74) is 7.20. The van der Waals surface area contributed by atoms with Crippen LogP contribution in [-0.4, -0.2) is 36.6 Å². The Hall–Kier alpha value is -3.10. The molecule has 6 rings (SSSR count). The molecule has 3 aromatic rings. The Kier molecular flexibility index (Phi) is 5.27. The summed E-state index contributed by atoms with van der Waals surface area (Å²) in [5, 5.41) is 10.2. The molecule has 2 heterocycles. The quantitative estimate of drug-likeness (QED) is 0.510. The van der Waals surface area contributed by atoms with Gasteiger partial charge in [0.2, 0.25) is 0 Å². The van der Waals surface area contributed by atoms with Crippen LogP contribution in [0.15, 0.2) is 30.3 Å². The van der Waals surface area contributed by atoms with Gasteiger partial charge in [0.15, 0.2) is 5.78 Å². The molecule has 3 aliphatic rings. The number of hydrogen-bond acceptors (Lipinski definition) is 4. The minimum absolute atomic E-state index is 0.0821. The fraction of sp³-hybridized carbons (Fsp3) is 0.467. The molecule has 5 nitrogen and oxygen atoms in total. The molecule has 0 unspecified atom stereocenters. The van der Waals surface area contributed by atoms with E-state index in [1.54, 1.807) is 6.07 Å². The molecule has 0 spiro atoms. The van der Waals surface area contributed by atoms with E-state index < -0.39 is 0 Å². The van der Waals surface area contributed by atoms with Crippen molar-refractivity contribution in [2.45, 2.75) is 64.4 Å². The van der Waals surface area contributed by atoms with Crippen molar-refractivity contribution in [3.63, 3.8) is 0 Å². The number of ether oxygens (including phenoxy) is 1. The van der Waals surface area contributed by atoms with Gasteiger partial charge in [-0.15, -0.1) is 0 Å². The number of hydrogen-bond donors (Lipinski definition) is 1. The van der Waals surface area contributed by atoms with Gasteiger partial charge in [-0.25, -0.2) is 0 Å². The Labute approximate surface area is 207 Å². The highest BCUT2D eigenvalue weighted by molar-refractivity contribution is 6.20. The summed E-state index contributed by atoms with van der Waals surface area (Å²) >= 11 is 0. The largest absolute Gasteiger partial charge is 0.378 e. The predicted molar refractivity (Wildman–Crippen MR) is 138 cm³/mol. The van der Waals surface area contributed by atoms with E-state index in [1.807, 2.05) is 12.1 Å². The number of benzene rings is 2. The second-order valence-corrected chi connectivity index (χ2v) is 11.0. The fourth-order valence-electron chi connectivity index (χ4n) is 5.98. The number of fused-ring (bicyclic) bond motifs is 4. The molecule has 1 N–H and O–H groups in total. The third-order valence-corrected chi connectivity index (χ3v) is 8.34. The molecule has 1 aliphatic heterocycles. The highest BCUT2D eigenvalue weighted by Crippen LogP contribution is 2.46. The number of ketones is 1. The molecule has 2 fully saturated rings. The summed E-state index contributed by atoms with van der Waals surface area (Å²) in [6, 6.07) is 12.2. The van der Waals surface area contributed by atoms with E-state index in [1.165, 1.54) is 24.1 Å². The molecule has 0 atom stereocenters. The maximum absolute atomic E-state index is 13.8. The van der Waals surface area contributed by atoms with Gasteiger partial charge in [-0.2, -0.15) is 5.26 Å². The van der Waals surface area contributed by atoms with Crippen molar-refractivity contribution < 1.29 is 9.53 Å². The number of nitriles is 1. The number of nitrogens with one attached hydrogen (secondary N) is 1. The Morgan fingerprint density at radius 1 is 1.14 bits per heavy atom. The summed E-state index contributed by atoms with van der Waals surface area (Å²) in [7, 11) is 0. The molecule has 180 valence electrons. The first-order chi connectivity index (χ1) is 16.9. The van der Waals surface area contributed by atoms with Crippen molar-refractivity contribution in [1.82, 2.24) is 4.98 Å². The van der Waals surface area contributed by atoms with Crippen molar-refractivity contribution in [3.05, 3.63) is 63.8 Å². The number of piperidine rings is 1. The van der Waals surface area contributed by atoms with Crippen LogP contribution in [0.1, 0.15) is 84.8 Å². The third-order valence-electron chi connectivity index (χ3n) is 8.34. The topological polar surface area (TPSA) is 69.1 Å². The summed E-state index contributed by atoms with van der Waals surface area (Å²) in [5.74, 6) is 0.889. The van der Waals surface area contributed by atoms with Gasteiger partial charge in [0.05, 0.1) is 23.3 Å². The molecular weight excluding hydrogens is 434 g/mol. The second kappa shape index (κ2) is 8.24. The highest BCUT2D eigenvalue weighted by atomic mass is 16.5. The Balaban J connectivity index is 1.36.